The first-order valence-corrected chi connectivity index (χ1v) is 7.19. The average Bonchev–Trinajstić information content (AvgIpc) is 3.03. The quantitative estimate of drug-likeness (QED) is 0.615. The van der Waals surface area contributed by atoms with Crippen LogP contribution in [-0.2, 0) is 6.54 Å². The van der Waals surface area contributed by atoms with Crippen molar-refractivity contribution in [3.05, 3.63) is 59.5 Å². The van der Waals surface area contributed by atoms with E-state index in [0.29, 0.717) is 18.7 Å². The molecule has 0 aliphatic rings. The van der Waals surface area contributed by atoms with Crippen molar-refractivity contribution in [2.75, 3.05) is 6.54 Å². The zero-order valence-electron chi connectivity index (χ0n) is 12.5. The van der Waals surface area contributed by atoms with Crippen LogP contribution < -0.4 is 16.4 Å². The summed E-state index contributed by atoms with van der Waals surface area (Å²) in [4.78, 5) is 22.5. The van der Waals surface area contributed by atoms with Crippen LogP contribution in [0, 0.1) is 0 Å². The minimum atomic E-state index is -0.657. The Morgan fingerprint density at radius 3 is 2.52 bits per heavy atom. The first-order chi connectivity index (χ1) is 11.1. The van der Waals surface area contributed by atoms with E-state index >= 15 is 0 Å². The fourth-order valence-electron chi connectivity index (χ4n) is 2.00. The summed E-state index contributed by atoms with van der Waals surface area (Å²) in [6.07, 6.45) is -0.219. The highest BCUT2D eigenvalue weighted by molar-refractivity contribution is 5.89. The topological polar surface area (TPSA) is 118 Å². The van der Waals surface area contributed by atoms with Gasteiger partial charge in [0.25, 0.3) is 5.91 Å². The molecule has 0 bridgehead atoms. The monoisotopic (exact) mass is 317 g/mol. The van der Waals surface area contributed by atoms with Crippen LogP contribution in [-0.4, -0.2) is 23.6 Å². The summed E-state index contributed by atoms with van der Waals surface area (Å²) >= 11 is 0. The molecule has 5 N–H and O–H groups in total. The van der Waals surface area contributed by atoms with Gasteiger partial charge in [0.05, 0.1) is 12.6 Å². The number of carbonyl (C=O) groups excluding carboxylic acids is 2. The molecule has 0 saturated carbocycles. The number of urea groups is 1. The molecule has 0 aliphatic heterocycles. The molecule has 3 amide bonds. The molecule has 0 spiro atoms. The van der Waals surface area contributed by atoms with Gasteiger partial charge >= 0.3 is 6.03 Å². The van der Waals surface area contributed by atoms with E-state index in [2.05, 4.69) is 10.6 Å². The van der Waals surface area contributed by atoms with Crippen LogP contribution in [0.5, 0.6) is 0 Å². The van der Waals surface area contributed by atoms with Gasteiger partial charge in [0.2, 0.25) is 0 Å². The number of hydrogen-bond acceptors (Lipinski definition) is 4. The van der Waals surface area contributed by atoms with Crippen LogP contribution in [0.25, 0.3) is 0 Å². The first-order valence-electron chi connectivity index (χ1n) is 7.19. The second kappa shape index (κ2) is 8.00. The molecule has 0 radical (unpaired) electrons. The predicted molar refractivity (Wildman–Crippen MR) is 83.5 cm³/mol. The SMILES string of the molecule is NC(=O)c1ccc(CNC(=O)NCCC(O)c2ccccc2)o1. The molecule has 0 fully saturated rings. The van der Waals surface area contributed by atoms with E-state index in [9.17, 15) is 14.7 Å². The highest BCUT2D eigenvalue weighted by atomic mass is 16.4. The number of amides is 3. The van der Waals surface area contributed by atoms with E-state index in [-0.39, 0.29) is 18.3 Å². The second-order valence-electron chi connectivity index (χ2n) is 4.95. The Morgan fingerprint density at radius 2 is 1.87 bits per heavy atom. The minimum Gasteiger partial charge on any atom is -0.454 e. The van der Waals surface area contributed by atoms with E-state index in [4.69, 9.17) is 10.2 Å². The Morgan fingerprint density at radius 1 is 1.13 bits per heavy atom. The Bertz CT molecular complexity index is 654. The average molecular weight is 317 g/mol. The molecule has 1 aromatic heterocycles. The molecule has 1 atom stereocenters. The number of furan rings is 1. The van der Waals surface area contributed by atoms with Gasteiger partial charge in [-0.05, 0) is 24.1 Å². The molecular weight excluding hydrogens is 298 g/mol. The molecule has 1 aromatic carbocycles. The van der Waals surface area contributed by atoms with Crippen molar-refractivity contribution in [2.45, 2.75) is 19.1 Å². The van der Waals surface area contributed by atoms with Gasteiger partial charge in [-0.25, -0.2) is 4.79 Å². The van der Waals surface area contributed by atoms with Crippen LogP contribution in [0.3, 0.4) is 0 Å². The van der Waals surface area contributed by atoms with Gasteiger partial charge in [-0.2, -0.15) is 0 Å². The van der Waals surface area contributed by atoms with Crippen molar-refractivity contribution >= 4 is 11.9 Å². The second-order valence-corrected chi connectivity index (χ2v) is 4.95. The van der Waals surface area contributed by atoms with Crippen molar-refractivity contribution in [3.8, 4) is 0 Å². The van der Waals surface area contributed by atoms with E-state index < -0.39 is 12.0 Å². The van der Waals surface area contributed by atoms with Crippen molar-refractivity contribution in [2.24, 2.45) is 5.73 Å². The highest BCUT2D eigenvalue weighted by Gasteiger charge is 2.09. The minimum absolute atomic E-state index is 0.0493. The fraction of sp³-hybridized carbons (Fsp3) is 0.250. The molecule has 1 heterocycles. The molecule has 23 heavy (non-hydrogen) atoms. The third kappa shape index (κ3) is 5.15. The summed E-state index contributed by atoms with van der Waals surface area (Å²) in [7, 11) is 0. The molecule has 7 nitrogen and oxygen atoms in total. The Hall–Kier alpha value is -2.80. The van der Waals surface area contributed by atoms with E-state index in [1.54, 1.807) is 6.07 Å². The van der Waals surface area contributed by atoms with E-state index in [1.165, 1.54) is 6.07 Å². The molecular formula is C16H19N3O4. The van der Waals surface area contributed by atoms with Gasteiger partial charge < -0.3 is 25.9 Å². The summed E-state index contributed by atoms with van der Waals surface area (Å²) in [6, 6.07) is 11.9. The summed E-state index contributed by atoms with van der Waals surface area (Å²) < 4.78 is 5.14. The molecule has 1 unspecified atom stereocenters. The lowest BCUT2D eigenvalue weighted by Gasteiger charge is -2.11. The number of nitrogens with two attached hydrogens (primary N) is 1. The number of aliphatic hydroxyl groups is 1. The lowest BCUT2D eigenvalue weighted by molar-refractivity contribution is 0.0972. The Balaban J connectivity index is 1.68. The smallest absolute Gasteiger partial charge is 0.315 e. The standard InChI is InChI=1S/C16H19N3O4/c17-15(21)14-7-6-12(23-14)10-19-16(22)18-9-8-13(20)11-4-2-1-3-5-11/h1-7,13,20H,8-10H2,(H2,17,21)(H2,18,19,22). The van der Waals surface area contributed by atoms with Gasteiger partial charge in [0.1, 0.15) is 5.76 Å². The molecule has 7 heteroatoms. The number of carbonyl (C=O) groups is 2. The highest BCUT2D eigenvalue weighted by Crippen LogP contribution is 2.14. The van der Waals surface area contributed by atoms with Crippen molar-refractivity contribution in [1.82, 2.24) is 10.6 Å². The maximum atomic E-state index is 11.6. The normalized spacial score (nSPS) is 11.7. The van der Waals surface area contributed by atoms with Gasteiger partial charge in [0.15, 0.2) is 5.76 Å². The van der Waals surface area contributed by atoms with Gasteiger partial charge in [-0.3, -0.25) is 4.79 Å². The van der Waals surface area contributed by atoms with E-state index in [1.807, 2.05) is 30.3 Å². The van der Waals surface area contributed by atoms with E-state index in [0.717, 1.165) is 5.56 Å². The van der Waals surface area contributed by atoms with Crippen molar-refractivity contribution < 1.29 is 19.1 Å². The fourth-order valence-corrected chi connectivity index (χ4v) is 2.00. The van der Waals surface area contributed by atoms with Crippen LogP contribution in [0.4, 0.5) is 4.79 Å². The lowest BCUT2D eigenvalue weighted by atomic mass is 10.1. The predicted octanol–water partition coefficient (Wildman–Crippen LogP) is 1.30. The van der Waals surface area contributed by atoms with Crippen LogP contribution in [0.1, 0.15) is 34.4 Å². The maximum Gasteiger partial charge on any atom is 0.315 e. The zero-order valence-corrected chi connectivity index (χ0v) is 12.5. The summed E-state index contributed by atoms with van der Waals surface area (Å²) in [5.41, 5.74) is 5.88. The molecule has 0 aliphatic carbocycles. The summed E-state index contributed by atoms with van der Waals surface area (Å²) in [5.74, 6) is -0.179. The largest absolute Gasteiger partial charge is 0.454 e. The summed E-state index contributed by atoms with van der Waals surface area (Å²) in [6.45, 7) is 0.465. The molecule has 122 valence electrons. The Kier molecular flexibility index (Phi) is 5.76. The zero-order chi connectivity index (χ0) is 16.7. The molecule has 2 rings (SSSR count). The van der Waals surface area contributed by atoms with Gasteiger partial charge in [-0.15, -0.1) is 0 Å². The van der Waals surface area contributed by atoms with Gasteiger partial charge in [-0.1, -0.05) is 30.3 Å². The number of primary amides is 1. The number of rotatable bonds is 7. The van der Waals surface area contributed by atoms with Crippen LogP contribution in [0.2, 0.25) is 0 Å². The number of benzene rings is 1. The molecule has 0 saturated heterocycles. The number of hydrogen-bond donors (Lipinski definition) is 4. The third-order valence-electron chi connectivity index (χ3n) is 3.22. The molecule has 2 aromatic rings. The third-order valence-corrected chi connectivity index (χ3v) is 3.22. The van der Waals surface area contributed by atoms with Crippen LogP contribution in [0.15, 0.2) is 46.9 Å². The summed E-state index contributed by atoms with van der Waals surface area (Å²) in [5, 5.41) is 15.2. The first kappa shape index (κ1) is 16.6. The number of aliphatic hydroxyl groups excluding tert-OH is 1. The van der Waals surface area contributed by atoms with Gasteiger partial charge in [0, 0.05) is 6.54 Å². The Labute approximate surface area is 133 Å². The lowest BCUT2D eigenvalue weighted by Crippen LogP contribution is -2.35. The number of nitrogens with one attached hydrogen (secondary N) is 2. The van der Waals surface area contributed by atoms with Crippen molar-refractivity contribution in [3.63, 3.8) is 0 Å². The maximum absolute atomic E-state index is 11.6. The van der Waals surface area contributed by atoms with Crippen molar-refractivity contribution in [1.29, 1.82) is 0 Å². The van der Waals surface area contributed by atoms with Crippen LogP contribution >= 0.6 is 0 Å².